The molecular formula is C26H29BrN2O3. The van der Waals surface area contributed by atoms with Crippen LogP contribution in [0.4, 0.5) is 0 Å². The molecule has 3 aromatic rings. The SMILES string of the molecule is CCCCCCOc1c(Br)cc(/C=N/NC(=O)Cc2cccc3ccccc23)cc1OC. The van der Waals surface area contributed by atoms with E-state index in [4.69, 9.17) is 9.47 Å². The number of unbranched alkanes of at least 4 members (excludes halogenated alkanes) is 3. The number of benzene rings is 3. The summed E-state index contributed by atoms with van der Waals surface area (Å²) < 4.78 is 12.2. The Morgan fingerprint density at radius 2 is 1.91 bits per heavy atom. The van der Waals surface area contributed by atoms with Crippen molar-refractivity contribution in [2.24, 2.45) is 5.10 Å². The van der Waals surface area contributed by atoms with Gasteiger partial charge in [-0.15, -0.1) is 0 Å². The van der Waals surface area contributed by atoms with Crippen molar-refractivity contribution in [2.45, 2.75) is 39.0 Å². The predicted molar refractivity (Wildman–Crippen MR) is 134 cm³/mol. The minimum atomic E-state index is -0.171. The summed E-state index contributed by atoms with van der Waals surface area (Å²) in [4.78, 5) is 12.4. The van der Waals surface area contributed by atoms with E-state index in [2.05, 4.69) is 33.4 Å². The first-order chi connectivity index (χ1) is 15.6. The van der Waals surface area contributed by atoms with Crippen molar-refractivity contribution in [2.75, 3.05) is 13.7 Å². The van der Waals surface area contributed by atoms with Crippen molar-refractivity contribution < 1.29 is 14.3 Å². The number of hydrogen-bond acceptors (Lipinski definition) is 4. The highest BCUT2D eigenvalue weighted by atomic mass is 79.9. The van der Waals surface area contributed by atoms with Gasteiger partial charge >= 0.3 is 0 Å². The molecule has 0 saturated heterocycles. The highest BCUT2D eigenvalue weighted by Crippen LogP contribution is 2.36. The van der Waals surface area contributed by atoms with E-state index < -0.39 is 0 Å². The number of amides is 1. The third-order valence-electron chi connectivity index (χ3n) is 5.13. The molecule has 0 saturated carbocycles. The largest absolute Gasteiger partial charge is 0.493 e. The van der Waals surface area contributed by atoms with Crippen LogP contribution >= 0.6 is 15.9 Å². The van der Waals surface area contributed by atoms with Gasteiger partial charge in [0.05, 0.1) is 30.8 Å². The number of carbonyl (C=O) groups excluding carboxylic acids is 1. The lowest BCUT2D eigenvalue weighted by atomic mass is 10.0. The van der Waals surface area contributed by atoms with E-state index in [9.17, 15) is 4.79 Å². The van der Waals surface area contributed by atoms with E-state index in [1.807, 2.05) is 54.6 Å². The molecule has 3 aromatic carbocycles. The van der Waals surface area contributed by atoms with Crippen molar-refractivity contribution >= 4 is 38.8 Å². The smallest absolute Gasteiger partial charge is 0.244 e. The molecule has 0 spiro atoms. The quantitative estimate of drug-likeness (QED) is 0.193. The van der Waals surface area contributed by atoms with Gasteiger partial charge < -0.3 is 9.47 Å². The van der Waals surface area contributed by atoms with Gasteiger partial charge in [0.2, 0.25) is 5.91 Å². The summed E-state index contributed by atoms with van der Waals surface area (Å²) in [6, 6.07) is 17.7. The molecule has 0 fully saturated rings. The Hall–Kier alpha value is -2.86. The zero-order valence-corrected chi connectivity index (χ0v) is 20.2. The van der Waals surface area contributed by atoms with E-state index in [0.29, 0.717) is 18.1 Å². The highest BCUT2D eigenvalue weighted by Gasteiger charge is 2.11. The zero-order valence-electron chi connectivity index (χ0n) is 18.6. The number of methoxy groups -OCH3 is 1. The van der Waals surface area contributed by atoms with E-state index in [-0.39, 0.29) is 12.3 Å². The molecule has 0 atom stereocenters. The lowest BCUT2D eigenvalue weighted by Gasteiger charge is -2.13. The number of hydrogen-bond donors (Lipinski definition) is 1. The Bertz CT molecular complexity index is 1080. The Morgan fingerprint density at radius 1 is 1.09 bits per heavy atom. The molecule has 0 aliphatic heterocycles. The number of nitrogens with one attached hydrogen (secondary N) is 1. The summed E-state index contributed by atoms with van der Waals surface area (Å²) >= 11 is 3.56. The topological polar surface area (TPSA) is 59.9 Å². The molecule has 0 unspecified atom stereocenters. The van der Waals surface area contributed by atoms with Crippen molar-refractivity contribution in [1.29, 1.82) is 0 Å². The highest BCUT2D eigenvalue weighted by molar-refractivity contribution is 9.10. The summed E-state index contributed by atoms with van der Waals surface area (Å²) in [7, 11) is 1.61. The molecule has 0 bridgehead atoms. The molecule has 5 nitrogen and oxygen atoms in total. The second kappa shape index (κ2) is 12.2. The van der Waals surface area contributed by atoms with Gasteiger partial charge in [-0.05, 0) is 56.4 Å². The van der Waals surface area contributed by atoms with Gasteiger partial charge in [0.1, 0.15) is 0 Å². The molecule has 0 aromatic heterocycles. The summed E-state index contributed by atoms with van der Waals surface area (Å²) in [5.74, 6) is 1.13. The molecule has 1 N–H and O–H groups in total. The van der Waals surface area contributed by atoms with Gasteiger partial charge in [0, 0.05) is 0 Å². The summed E-state index contributed by atoms with van der Waals surface area (Å²) in [5.41, 5.74) is 4.38. The number of hydrazone groups is 1. The van der Waals surface area contributed by atoms with Crippen LogP contribution in [-0.2, 0) is 11.2 Å². The van der Waals surface area contributed by atoms with Gasteiger partial charge in [0.25, 0.3) is 0 Å². The monoisotopic (exact) mass is 496 g/mol. The lowest BCUT2D eigenvalue weighted by Crippen LogP contribution is -2.19. The molecule has 168 valence electrons. The maximum Gasteiger partial charge on any atom is 0.244 e. The molecule has 1 amide bonds. The summed E-state index contributed by atoms with van der Waals surface area (Å²) in [6.45, 7) is 2.83. The lowest BCUT2D eigenvalue weighted by molar-refractivity contribution is -0.120. The normalized spacial score (nSPS) is 11.1. The van der Waals surface area contributed by atoms with Crippen LogP contribution in [0.1, 0.15) is 43.7 Å². The molecule has 0 aliphatic carbocycles. The number of rotatable bonds is 11. The van der Waals surface area contributed by atoms with Crippen LogP contribution < -0.4 is 14.9 Å². The van der Waals surface area contributed by atoms with E-state index in [1.54, 1.807) is 13.3 Å². The third kappa shape index (κ3) is 6.57. The van der Waals surface area contributed by atoms with Crippen molar-refractivity contribution in [3.63, 3.8) is 0 Å². The maximum atomic E-state index is 12.4. The number of ether oxygens (including phenoxy) is 2. The van der Waals surface area contributed by atoms with Crippen LogP contribution in [-0.4, -0.2) is 25.8 Å². The van der Waals surface area contributed by atoms with Crippen molar-refractivity contribution in [3.05, 3.63) is 70.2 Å². The Kier molecular flexibility index (Phi) is 9.11. The fourth-order valence-corrected chi connectivity index (χ4v) is 4.07. The Labute approximate surface area is 197 Å². The van der Waals surface area contributed by atoms with Crippen LogP contribution in [0.5, 0.6) is 11.5 Å². The van der Waals surface area contributed by atoms with Gasteiger partial charge in [-0.25, -0.2) is 5.43 Å². The van der Waals surface area contributed by atoms with E-state index >= 15 is 0 Å². The first-order valence-corrected chi connectivity index (χ1v) is 11.7. The molecule has 0 aliphatic rings. The van der Waals surface area contributed by atoms with Gasteiger partial charge in [0.15, 0.2) is 11.5 Å². The van der Waals surface area contributed by atoms with Gasteiger partial charge in [-0.2, -0.15) is 5.10 Å². The average Bonchev–Trinajstić information content (AvgIpc) is 2.80. The molecule has 0 radical (unpaired) electrons. The van der Waals surface area contributed by atoms with Crippen LogP contribution in [0.3, 0.4) is 0 Å². The third-order valence-corrected chi connectivity index (χ3v) is 5.72. The first-order valence-electron chi connectivity index (χ1n) is 10.9. The summed E-state index contributed by atoms with van der Waals surface area (Å²) in [6.07, 6.45) is 6.42. The standard InChI is InChI=1S/C26H29BrN2O3/c1-3-4-5-8-14-32-26-23(27)15-19(16-24(26)31-2)18-28-29-25(30)17-21-12-9-11-20-10-6-7-13-22(20)21/h6-7,9-13,15-16,18H,3-5,8,14,17H2,1-2H3,(H,29,30)/b28-18+. The molecule has 3 rings (SSSR count). The average molecular weight is 497 g/mol. The first kappa shape index (κ1) is 23.8. The van der Waals surface area contributed by atoms with E-state index in [0.717, 1.165) is 39.2 Å². The van der Waals surface area contributed by atoms with Crippen molar-refractivity contribution in [3.8, 4) is 11.5 Å². The van der Waals surface area contributed by atoms with Gasteiger partial charge in [-0.1, -0.05) is 68.7 Å². The fourth-order valence-electron chi connectivity index (χ4n) is 3.50. The minimum absolute atomic E-state index is 0.171. The zero-order chi connectivity index (χ0) is 22.8. The Morgan fingerprint density at radius 3 is 2.72 bits per heavy atom. The summed E-state index contributed by atoms with van der Waals surface area (Å²) in [5, 5.41) is 6.31. The minimum Gasteiger partial charge on any atom is -0.493 e. The van der Waals surface area contributed by atoms with E-state index in [1.165, 1.54) is 12.8 Å². The second-order valence-electron chi connectivity index (χ2n) is 7.55. The van der Waals surface area contributed by atoms with Crippen LogP contribution in [0.25, 0.3) is 10.8 Å². The predicted octanol–water partition coefficient (Wildman–Crippen LogP) is 6.26. The number of carbonyl (C=O) groups is 1. The number of nitrogens with zero attached hydrogens (tertiary/aromatic N) is 1. The van der Waals surface area contributed by atoms with Gasteiger partial charge in [-0.3, -0.25) is 4.79 Å². The molecular weight excluding hydrogens is 468 g/mol. The number of fused-ring (bicyclic) bond motifs is 1. The number of halogens is 1. The van der Waals surface area contributed by atoms with Crippen LogP contribution in [0.2, 0.25) is 0 Å². The molecule has 6 heteroatoms. The molecule has 32 heavy (non-hydrogen) atoms. The maximum absolute atomic E-state index is 12.4. The van der Waals surface area contributed by atoms with Crippen LogP contribution in [0, 0.1) is 0 Å². The molecule has 0 heterocycles. The fraction of sp³-hybridized carbons (Fsp3) is 0.308. The van der Waals surface area contributed by atoms with Crippen LogP contribution in [0.15, 0.2) is 64.2 Å². The second-order valence-corrected chi connectivity index (χ2v) is 8.41. The van der Waals surface area contributed by atoms with Crippen molar-refractivity contribution in [1.82, 2.24) is 5.43 Å². The Balaban J connectivity index is 1.60.